The smallest absolute Gasteiger partial charge is 0.0914 e. The molecule has 1 unspecified atom stereocenters. The molecule has 2 rings (SSSR count). The van der Waals surface area contributed by atoms with E-state index >= 15 is 0 Å². The number of nitrogens with one attached hydrogen (secondary N) is 1. The van der Waals surface area contributed by atoms with Crippen LogP contribution in [0.5, 0.6) is 0 Å². The third-order valence-corrected chi connectivity index (χ3v) is 3.27. The first-order valence-corrected chi connectivity index (χ1v) is 6.28. The van der Waals surface area contributed by atoms with Gasteiger partial charge in [-0.1, -0.05) is 36.6 Å². The Kier molecular flexibility index (Phi) is 4.22. The molecule has 0 aromatic heterocycles. The number of benzene rings is 1. The largest absolute Gasteiger partial charge is 0.387 e. The van der Waals surface area contributed by atoms with E-state index in [1.54, 1.807) is 0 Å². The second-order valence-electron chi connectivity index (χ2n) is 4.50. The summed E-state index contributed by atoms with van der Waals surface area (Å²) < 4.78 is 0. The molecule has 0 spiro atoms. The molecule has 0 aliphatic heterocycles. The summed E-state index contributed by atoms with van der Waals surface area (Å²) in [6.45, 7) is 1.63. The molecular weight excluding hydrogens is 222 g/mol. The lowest BCUT2D eigenvalue weighted by molar-refractivity contribution is 0.174. The van der Waals surface area contributed by atoms with Gasteiger partial charge in [0.15, 0.2) is 0 Å². The van der Waals surface area contributed by atoms with Crippen molar-refractivity contribution in [3.63, 3.8) is 0 Å². The normalized spacial score (nSPS) is 17.4. The minimum atomic E-state index is -0.434. The van der Waals surface area contributed by atoms with Gasteiger partial charge in [0.05, 0.1) is 6.10 Å². The molecule has 1 atom stereocenters. The zero-order valence-corrected chi connectivity index (χ0v) is 10.1. The van der Waals surface area contributed by atoms with E-state index in [0.29, 0.717) is 11.6 Å². The van der Waals surface area contributed by atoms with Gasteiger partial charge in [0, 0.05) is 11.6 Å². The quantitative estimate of drug-likeness (QED) is 0.749. The molecule has 0 radical (unpaired) electrons. The summed E-state index contributed by atoms with van der Waals surface area (Å²) in [5.41, 5.74) is 0.920. The maximum atomic E-state index is 9.89. The van der Waals surface area contributed by atoms with Crippen molar-refractivity contribution in [2.75, 3.05) is 13.1 Å². The van der Waals surface area contributed by atoms with Crippen LogP contribution >= 0.6 is 11.6 Å². The highest BCUT2D eigenvalue weighted by atomic mass is 35.5. The number of aliphatic hydroxyl groups excluding tert-OH is 1. The van der Waals surface area contributed by atoms with E-state index in [1.165, 1.54) is 19.3 Å². The first-order chi connectivity index (χ1) is 7.75. The Balaban J connectivity index is 1.69. The Morgan fingerprint density at radius 3 is 2.62 bits per heavy atom. The van der Waals surface area contributed by atoms with E-state index in [1.807, 2.05) is 24.3 Å². The van der Waals surface area contributed by atoms with Gasteiger partial charge < -0.3 is 10.4 Å². The topological polar surface area (TPSA) is 32.3 Å². The molecule has 88 valence electrons. The van der Waals surface area contributed by atoms with Crippen molar-refractivity contribution in [3.8, 4) is 0 Å². The third kappa shape index (κ3) is 3.78. The first-order valence-electron chi connectivity index (χ1n) is 5.90. The van der Waals surface area contributed by atoms with Crippen molar-refractivity contribution >= 4 is 11.6 Å². The number of aliphatic hydroxyl groups is 1. The predicted octanol–water partition coefficient (Wildman–Crippen LogP) is 2.76. The second-order valence-corrected chi connectivity index (χ2v) is 4.94. The van der Waals surface area contributed by atoms with Crippen molar-refractivity contribution in [2.24, 2.45) is 5.92 Å². The number of hydrogen-bond donors (Lipinski definition) is 2. The fourth-order valence-corrected chi connectivity index (χ4v) is 1.88. The van der Waals surface area contributed by atoms with Crippen LogP contribution in [0.1, 0.15) is 30.9 Å². The summed E-state index contributed by atoms with van der Waals surface area (Å²) in [5.74, 6) is 0.945. The first kappa shape index (κ1) is 11.9. The monoisotopic (exact) mass is 239 g/mol. The second kappa shape index (κ2) is 5.67. The van der Waals surface area contributed by atoms with Gasteiger partial charge in [0.25, 0.3) is 0 Å². The van der Waals surface area contributed by atoms with Gasteiger partial charge in [-0.15, -0.1) is 0 Å². The maximum Gasteiger partial charge on any atom is 0.0914 e. The summed E-state index contributed by atoms with van der Waals surface area (Å²) in [4.78, 5) is 0. The molecule has 1 aliphatic rings. The molecule has 0 bridgehead atoms. The van der Waals surface area contributed by atoms with Gasteiger partial charge >= 0.3 is 0 Å². The Morgan fingerprint density at radius 1 is 1.31 bits per heavy atom. The minimum absolute atomic E-state index is 0.434. The molecule has 1 saturated carbocycles. The summed E-state index contributed by atoms with van der Waals surface area (Å²) in [5, 5.41) is 13.9. The number of halogens is 1. The standard InChI is InChI=1S/C13H18ClNO/c14-12-5-3-11(4-6-12)13(16)9-15-8-7-10-1-2-10/h3-6,10,13,15-16H,1-2,7-9H2. The highest BCUT2D eigenvalue weighted by Gasteiger charge is 2.20. The SMILES string of the molecule is OC(CNCCC1CC1)c1ccc(Cl)cc1. The average molecular weight is 240 g/mol. The summed E-state index contributed by atoms with van der Waals surface area (Å²) in [7, 11) is 0. The molecule has 3 heteroatoms. The zero-order valence-electron chi connectivity index (χ0n) is 9.32. The van der Waals surface area contributed by atoms with Gasteiger partial charge in [-0.05, 0) is 36.6 Å². The zero-order chi connectivity index (χ0) is 11.4. The van der Waals surface area contributed by atoms with Crippen molar-refractivity contribution in [1.29, 1.82) is 0 Å². The van der Waals surface area contributed by atoms with Crippen LogP contribution < -0.4 is 5.32 Å². The molecule has 0 heterocycles. The lowest BCUT2D eigenvalue weighted by Gasteiger charge is -2.12. The molecule has 1 aromatic carbocycles. The number of rotatable bonds is 6. The van der Waals surface area contributed by atoms with E-state index in [9.17, 15) is 5.11 Å². The highest BCUT2D eigenvalue weighted by molar-refractivity contribution is 6.30. The van der Waals surface area contributed by atoms with Crippen molar-refractivity contribution in [1.82, 2.24) is 5.32 Å². The van der Waals surface area contributed by atoms with Gasteiger partial charge in [-0.3, -0.25) is 0 Å². The maximum absolute atomic E-state index is 9.89. The molecule has 2 nitrogen and oxygen atoms in total. The Labute approximate surface area is 102 Å². The van der Waals surface area contributed by atoms with Gasteiger partial charge in [0.2, 0.25) is 0 Å². The van der Waals surface area contributed by atoms with Crippen LogP contribution in [0, 0.1) is 5.92 Å². The molecule has 0 saturated heterocycles. The van der Waals surface area contributed by atoms with Crippen molar-refractivity contribution in [3.05, 3.63) is 34.9 Å². The molecule has 1 fully saturated rings. The van der Waals surface area contributed by atoms with Crippen LogP contribution in [0.4, 0.5) is 0 Å². The molecule has 1 aromatic rings. The number of hydrogen-bond acceptors (Lipinski definition) is 2. The van der Waals surface area contributed by atoms with E-state index in [4.69, 9.17) is 11.6 Å². The predicted molar refractivity (Wildman–Crippen MR) is 66.6 cm³/mol. The third-order valence-electron chi connectivity index (χ3n) is 3.02. The minimum Gasteiger partial charge on any atom is -0.387 e. The van der Waals surface area contributed by atoms with Crippen LogP contribution in [-0.2, 0) is 0 Å². The van der Waals surface area contributed by atoms with Crippen LogP contribution in [0.15, 0.2) is 24.3 Å². The van der Waals surface area contributed by atoms with Crippen LogP contribution in [0.25, 0.3) is 0 Å². The summed E-state index contributed by atoms with van der Waals surface area (Å²) >= 11 is 5.79. The molecule has 0 amide bonds. The lowest BCUT2D eigenvalue weighted by atomic mass is 10.1. The fourth-order valence-electron chi connectivity index (χ4n) is 1.75. The van der Waals surface area contributed by atoms with Crippen LogP contribution in [0.2, 0.25) is 5.02 Å². The van der Waals surface area contributed by atoms with Crippen LogP contribution in [0.3, 0.4) is 0 Å². The van der Waals surface area contributed by atoms with Gasteiger partial charge in [0.1, 0.15) is 0 Å². The van der Waals surface area contributed by atoms with Gasteiger partial charge in [-0.2, -0.15) is 0 Å². The van der Waals surface area contributed by atoms with E-state index in [-0.39, 0.29) is 0 Å². The Morgan fingerprint density at radius 2 is 2.00 bits per heavy atom. The van der Waals surface area contributed by atoms with E-state index < -0.39 is 6.10 Å². The molecule has 2 N–H and O–H groups in total. The molecule has 1 aliphatic carbocycles. The fraction of sp³-hybridized carbons (Fsp3) is 0.538. The molecule has 16 heavy (non-hydrogen) atoms. The summed E-state index contributed by atoms with van der Waals surface area (Å²) in [6.07, 6.45) is 3.59. The Hall–Kier alpha value is -0.570. The van der Waals surface area contributed by atoms with E-state index in [2.05, 4.69) is 5.32 Å². The Bertz CT molecular complexity index is 321. The van der Waals surface area contributed by atoms with Gasteiger partial charge in [-0.25, -0.2) is 0 Å². The summed E-state index contributed by atoms with van der Waals surface area (Å²) in [6, 6.07) is 7.36. The van der Waals surface area contributed by atoms with Crippen LogP contribution in [-0.4, -0.2) is 18.2 Å². The van der Waals surface area contributed by atoms with E-state index in [0.717, 1.165) is 18.0 Å². The van der Waals surface area contributed by atoms with Crippen molar-refractivity contribution in [2.45, 2.75) is 25.4 Å². The average Bonchev–Trinajstić information content (AvgIpc) is 3.09. The lowest BCUT2D eigenvalue weighted by Crippen LogP contribution is -2.22. The highest BCUT2D eigenvalue weighted by Crippen LogP contribution is 2.31. The molecular formula is C13H18ClNO. The van der Waals surface area contributed by atoms with Crippen molar-refractivity contribution < 1.29 is 5.11 Å².